The Balaban J connectivity index is 1.54. The Kier molecular flexibility index (Phi) is 7.81. The van der Waals surface area contributed by atoms with Crippen LogP contribution < -0.4 is 0 Å². The van der Waals surface area contributed by atoms with E-state index in [1.165, 1.54) is 16.7 Å². The van der Waals surface area contributed by atoms with Crippen LogP contribution in [0.5, 0.6) is 5.75 Å². The third-order valence-corrected chi connectivity index (χ3v) is 7.69. The smallest absolute Gasteiger partial charge is 0.115 e. The second-order valence-electron chi connectivity index (χ2n) is 9.67. The fraction of sp³-hybridized carbons (Fsp3) is 0.290. The molecule has 0 unspecified atom stereocenters. The monoisotopic (exact) mass is 521 g/mol. The van der Waals surface area contributed by atoms with Gasteiger partial charge in [0.15, 0.2) is 0 Å². The number of phenols is 1. The maximum atomic E-state index is 12.5. The Bertz CT molecular complexity index is 1310. The first-order valence-electron chi connectivity index (χ1n) is 12.6. The van der Waals surface area contributed by atoms with Crippen molar-refractivity contribution in [3.63, 3.8) is 0 Å². The van der Waals surface area contributed by atoms with E-state index in [-0.39, 0.29) is 6.67 Å². The second kappa shape index (κ2) is 11.2. The van der Waals surface area contributed by atoms with E-state index in [0.29, 0.717) is 22.2 Å². The summed E-state index contributed by atoms with van der Waals surface area (Å²) >= 11 is 12.9. The molecule has 2 nitrogen and oxygen atoms in total. The molecule has 1 saturated heterocycles. The highest BCUT2D eigenvalue weighted by molar-refractivity contribution is 6.36. The molecular formula is C31H30Cl2FNO. The van der Waals surface area contributed by atoms with E-state index >= 15 is 0 Å². The van der Waals surface area contributed by atoms with Gasteiger partial charge in [0.2, 0.25) is 0 Å². The predicted molar refractivity (Wildman–Crippen MR) is 149 cm³/mol. The van der Waals surface area contributed by atoms with Crippen LogP contribution in [0.15, 0.2) is 66.2 Å². The Morgan fingerprint density at radius 2 is 1.72 bits per heavy atom. The van der Waals surface area contributed by atoms with Crippen molar-refractivity contribution in [1.29, 1.82) is 0 Å². The lowest BCUT2D eigenvalue weighted by molar-refractivity contribution is 0.317. The van der Waals surface area contributed by atoms with Gasteiger partial charge in [-0.15, -0.1) is 0 Å². The molecule has 1 fully saturated rings. The van der Waals surface area contributed by atoms with Crippen molar-refractivity contribution in [3.8, 4) is 5.75 Å². The molecule has 2 aliphatic rings. The van der Waals surface area contributed by atoms with Crippen LogP contribution in [0.2, 0.25) is 10.0 Å². The fourth-order valence-corrected chi connectivity index (χ4v) is 5.95. The lowest BCUT2D eigenvalue weighted by Crippen LogP contribution is -2.20. The molecule has 0 aromatic heterocycles. The zero-order valence-electron chi connectivity index (χ0n) is 20.2. The fourth-order valence-electron chi connectivity index (χ4n) is 5.43. The molecule has 1 heterocycles. The van der Waals surface area contributed by atoms with Gasteiger partial charge in [-0.2, -0.15) is 0 Å². The van der Waals surface area contributed by atoms with Crippen molar-refractivity contribution in [2.75, 3.05) is 26.3 Å². The molecule has 3 aromatic carbocycles. The quantitative estimate of drug-likeness (QED) is 0.351. The largest absolute Gasteiger partial charge is 0.508 e. The summed E-state index contributed by atoms with van der Waals surface area (Å²) in [5.74, 6) is 0.292. The minimum atomic E-state index is -0.251. The number of benzene rings is 3. The van der Waals surface area contributed by atoms with E-state index < -0.39 is 0 Å². The summed E-state index contributed by atoms with van der Waals surface area (Å²) < 4.78 is 12.5. The normalized spacial score (nSPS) is 17.5. The van der Waals surface area contributed by atoms with E-state index in [2.05, 4.69) is 35.2 Å². The second-order valence-corrected chi connectivity index (χ2v) is 10.5. The molecule has 3 aromatic rings. The maximum Gasteiger partial charge on any atom is 0.115 e. The van der Waals surface area contributed by atoms with E-state index in [1.807, 2.05) is 24.3 Å². The summed E-state index contributed by atoms with van der Waals surface area (Å²) in [7, 11) is 0. The molecule has 1 N–H and O–H groups in total. The van der Waals surface area contributed by atoms with Crippen molar-refractivity contribution >= 4 is 40.4 Å². The minimum absolute atomic E-state index is 0.251. The van der Waals surface area contributed by atoms with Crippen LogP contribution in [0.3, 0.4) is 0 Å². The number of allylic oxidation sites excluding steroid dienone is 1. The van der Waals surface area contributed by atoms with Crippen molar-refractivity contribution in [3.05, 3.63) is 104 Å². The number of hydrogen-bond acceptors (Lipinski definition) is 2. The van der Waals surface area contributed by atoms with Crippen LogP contribution in [0.25, 0.3) is 17.2 Å². The van der Waals surface area contributed by atoms with Gasteiger partial charge in [-0.1, -0.05) is 71.2 Å². The van der Waals surface area contributed by atoms with Crippen molar-refractivity contribution in [2.45, 2.75) is 32.1 Å². The number of alkyl halides is 1. The standard InChI is InChI=1S/C31H30Cl2FNO/c32-25-9-11-28(30(33)19-25)29-4-1-3-24-18-26(36)10-12-27(24)31(29)23-7-5-21(6-8-23)17-22-13-16-35(20-22)15-2-14-34/h5-12,17-19,36H,1-4,13-16,20H2/b22-17-. The Hall–Kier alpha value is -2.59. The molecule has 0 atom stereocenters. The van der Waals surface area contributed by atoms with E-state index in [4.69, 9.17) is 23.2 Å². The van der Waals surface area contributed by atoms with Crippen LogP contribution in [0.1, 0.15) is 53.5 Å². The van der Waals surface area contributed by atoms with Gasteiger partial charge in [0.25, 0.3) is 0 Å². The molecular weight excluding hydrogens is 492 g/mol. The summed E-state index contributed by atoms with van der Waals surface area (Å²) in [5.41, 5.74) is 9.34. The average molecular weight is 522 g/mol. The van der Waals surface area contributed by atoms with Gasteiger partial charge < -0.3 is 5.11 Å². The van der Waals surface area contributed by atoms with Gasteiger partial charge in [-0.05, 0) is 95.3 Å². The summed E-state index contributed by atoms with van der Waals surface area (Å²) in [6.45, 7) is 2.50. The Morgan fingerprint density at radius 3 is 2.50 bits per heavy atom. The molecule has 0 saturated carbocycles. The first-order chi connectivity index (χ1) is 17.5. The summed E-state index contributed by atoms with van der Waals surface area (Å²) in [4.78, 5) is 2.32. The number of rotatable bonds is 6. The zero-order chi connectivity index (χ0) is 25.1. The van der Waals surface area contributed by atoms with E-state index in [0.717, 1.165) is 73.1 Å². The predicted octanol–water partition coefficient (Wildman–Crippen LogP) is 8.44. The minimum Gasteiger partial charge on any atom is -0.508 e. The van der Waals surface area contributed by atoms with Crippen LogP contribution in [-0.4, -0.2) is 36.3 Å². The first-order valence-corrected chi connectivity index (χ1v) is 13.4. The van der Waals surface area contributed by atoms with Crippen molar-refractivity contribution in [2.24, 2.45) is 0 Å². The van der Waals surface area contributed by atoms with Gasteiger partial charge >= 0.3 is 0 Å². The first kappa shape index (κ1) is 25.1. The number of nitrogens with zero attached hydrogens (tertiary/aromatic N) is 1. The highest BCUT2D eigenvalue weighted by Crippen LogP contribution is 2.43. The van der Waals surface area contributed by atoms with Crippen LogP contribution in [0, 0.1) is 0 Å². The number of aromatic hydroxyl groups is 1. The molecule has 0 radical (unpaired) electrons. The van der Waals surface area contributed by atoms with E-state index in [1.54, 1.807) is 12.1 Å². The van der Waals surface area contributed by atoms with Gasteiger partial charge in [0.05, 0.1) is 6.67 Å². The molecule has 186 valence electrons. The van der Waals surface area contributed by atoms with Crippen molar-refractivity contribution < 1.29 is 9.50 Å². The third-order valence-electron chi connectivity index (χ3n) is 7.14. The van der Waals surface area contributed by atoms with Gasteiger partial charge in [0, 0.05) is 29.7 Å². The van der Waals surface area contributed by atoms with Crippen LogP contribution in [0.4, 0.5) is 4.39 Å². The molecule has 5 heteroatoms. The maximum absolute atomic E-state index is 12.5. The van der Waals surface area contributed by atoms with Crippen LogP contribution in [-0.2, 0) is 6.42 Å². The van der Waals surface area contributed by atoms with E-state index in [9.17, 15) is 9.50 Å². The number of likely N-dealkylation sites (tertiary alicyclic amines) is 1. The summed E-state index contributed by atoms with van der Waals surface area (Å²) in [6, 6.07) is 20.1. The van der Waals surface area contributed by atoms with Gasteiger partial charge in [0.1, 0.15) is 5.75 Å². The molecule has 0 amide bonds. The molecule has 0 bridgehead atoms. The number of halogens is 3. The van der Waals surface area contributed by atoms with Crippen molar-refractivity contribution in [1.82, 2.24) is 4.90 Å². The zero-order valence-corrected chi connectivity index (χ0v) is 21.8. The SMILES string of the molecule is Oc1ccc2c(c1)CCCC(c1ccc(Cl)cc1Cl)=C2c1ccc(/C=C2/CCN(CCCF)C2)cc1. The summed E-state index contributed by atoms with van der Waals surface area (Å²) in [6.07, 6.45) is 6.66. The highest BCUT2D eigenvalue weighted by atomic mass is 35.5. The topological polar surface area (TPSA) is 23.5 Å². The van der Waals surface area contributed by atoms with Gasteiger partial charge in [-0.3, -0.25) is 9.29 Å². The number of fused-ring (bicyclic) bond motifs is 1. The lowest BCUT2D eigenvalue weighted by atomic mass is 9.87. The molecule has 1 aliphatic carbocycles. The highest BCUT2D eigenvalue weighted by Gasteiger charge is 2.22. The molecule has 5 rings (SSSR count). The molecule has 36 heavy (non-hydrogen) atoms. The average Bonchev–Trinajstić information content (AvgIpc) is 3.22. The third kappa shape index (κ3) is 5.54. The lowest BCUT2D eigenvalue weighted by Gasteiger charge is -2.18. The number of phenolic OH excluding ortho intramolecular Hbond substituents is 1. The number of aryl methyl sites for hydroxylation is 1. The number of hydrogen-bond donors (Lipinski definition) is 1. The Labute approximate surface area is 222 Å². The van der Waals surface area contributed by atoms with Gasteiger partial charge in [-0.25, -0.2) is 0 Å². The molecule has 0 spiro atoms. The Morgan fingerprint density at radius 1 is 0.917 bits per heavy atom. The molecule has 1 aliphatic heterocycles. The van der Waals surface area contributed by atoms with Crippen LogP contribution >= 0.6 is 23.2 Å². The summed E-state index contributed by atoms with van der Waals surface area (Å²) in [5, 5.41) is 11.4.